The molecule has 1 aromatic heterocycles. The highest BCUT2D eigenvalue weighted by molar-refractivity contribution is 6.35. The number of amides is 2. The van der Waals surface area contributed by atoms with Crippen LogP contribution in [0.15, 0.2) is 48.8 Å². The molecule has 7 nitrogen and oxygen atoms in total. The van der Waals surface area contributed by atoms with Gasteiger partial charge >= 0.3 is 11.8 Å². The highest BCUT2D eigenvalue weighted by Crippen LogP contribution is 2.28. The number of piperazine rings is 1. The van der Waals surface area contributed by atoms with E-state index in [9.17, 15) is 9.59 Å². The second-order valence-corrected chi connectivity index (χ2v) is 5.99. The Kier molecular flexibility index (Phi) is 5.68. The average molecular weight is 354 g/mol. The number of nitrogens with zero attached hydrogens (tertiary/aromatic N) is 3. The molecule has 0 bridgehead atoms. The fourth-order valence-corrected chi connectivity index (χ4v) is 2.94. The van der Waals surface area contributed by atoms with E-state index in [1.165, 1.54) is 0 Å². The number of nitrogens with one attached hydrogen (secondary N) is 1. The molecule has 1 N–H and O–H groups in total. The molecule has 0 atom stereocenters. The van der Waals surface area contributed by atoms with Gasteiger partial charge < -0.3 is 19.9 Å². The Morgan fingerprint density at radius 3 is 2.46 bits per heavy atom. The van der Waals surface area contributed by atoms with E-state index in [1.54, 1.807) is 36.5 Å². The van der Waals surface area contributed by atoms with Crippen LogP contribution in [0.25, 0.3) is 0 Å². The molecule has 1 fully saturated rings. The fourth-order valence-electron chi connectivity index (χ4n) is 2.94. The highest BCUT2D eigenvalue weighted by Gasteiger charge is 2.26. The quantitative estimate of drug-likeness (QED) is 0.831. The van der Waals surface area contributed by atoms with E-state index in [-0.39, 0.29) is 0 Å². The number of anilines is 1. The van der Waals surface area contributed by atoms with Crippen molar-refractivity contribution in [1.29, 1.82) is 0 Å². The van der Waals surface area contributed by atoms with Gasteiger partial charge in [0.15, 0.2) is 0 Å². The summed E-state index contributed by atoms with van der Waals surface area (Å²) in [5.74, 6) is -0.256. The molecule has 2 heterocycles. The van der Waals surface area contributed by atoms with E-state index in [0.29, 0.717) is 32.7 Å². The van der Waals surface area contributed by atoms with Crippen molar-refractivity contribution in [2.24, 2.45) is 0 Å². The third kappa shape index (κ3) is 4.11. The van der Waals surface area contributed by atoms with Gasteiger partial charge in [-0.1, -0.05) is 12.1 Å². The molecule has 7 heteroatoms. The van der Waals surface area contributed by atoms with Gasteiger partial charge in [0.05, 0.1) is 12.8 Å². The molecule has 3 rings (SSSR count). The van der Waals surface area contributed by atoms with Crippen molar-refractivity contribution in [2.75, 3.05) is 38.2 Å². The summed E-state index contributed by atoms with van der Waals surface area (Å²) >= 11 is 0. The number of pyridine rings is 1. The van der Waals surface area contributed by atoms with E-state index in [2.05, 4.69) is 15.2 Å². The van der Waals surface area contributed by atoms with Crippen molar-refractivity contribution in [1.82, 2.24) is 15.2 Å². The van der Waals surface area contributed by atoms with Crippen molar-refractivity contribution in [3.8, 4) is 5.75 Å². The smallest absolute Gasteiger partial charge is 0.312 e. The van der Waals surface area contributed by atoms with Crippen molar-refractivity contribution in [2.45, 2.75) is 6.54 Å². The van der Waals surface area contributed by atoms with Crippen molar-refractivity contribution < 1.29 is 14.3 Å². The van der Waals surface area contributed by atoms with Crippen molar-refractivity contribution in [3.05, 3.63) is 54.4 Å². The van der Waals surface area contributed by atoms with Crippen LogP contribution in [0.2, 0.25) is 0 Å². The van der Waals surface area contributed by atoms with Gasteiger partial charge in [-0.2, -0.15) is 0 Å². The van der Waals surface area contributed by atoms with Crippen LogP contribution in [0, 0.1) is 0 Å². The van der Waals surface area contributed by atoms with Crippen LogP contribution in [-0.4, -0.2) is 55.0 Å². The van der Waals surface area contributed by atoms with Gasteiger partial charge in [0.1, 0.15) is 5.75 Å². The van der Waals surface area contributed by atoms with Crippen molar-refractivity contribution >= 4 is 17.5 Å². The molecule has 0 unspecified atom stereocenters. The summed E-state index contributed by atoms with van der Waals surface area (Å²) in [5, 5.41) is 2.67. The number of carbonyl (C=O) groups excluding carboxylic acids is 2. The first-order chi connectivity index (χ1) is 12.7. The molecule has 1 saturated heterocycles. The predicted molar refractivity (Wildman–Crippen MR) is 97.9 cm³/mol. The Morgan fingerprint density at radius 1 is 1.08 bits per heavy atom. The SMILES string of the molecule is COc1ccccc1N1CCN(C(=O)C(=O)NCc2ccncc2)CC1. The van der Waals surface area contributed by atoms with Gasteiger partial charge in [-0.05, 0) is 29.8 Å². The molecule has 0 spiro atoms. The summed E-state index contributed by atoms with van der Waals surface area (Å²) in [7, 11) is 1.64. The van der Waals surface area contributed by atoms with E-state index in [0.717, 1.165) is 17.0 Å². The second kappa shape index (κ2) is 8.33. The van der Waals surface area contributed by atoms with Crippen LogP contribution in [-0.2, 0) is 16.1 Å². The van der Waals surface area contributed by atoms with Gasteiger partial charge in [0.25, 0.3) is 0 Å². The topological polar surface area (TPSA) is 74.8 Å². The molecular formula is C19H22N4O3. The van der Waals surface area contributed by atoms with Gasteiger partial charge in [-0.15, -0.1) is 0 Å². The predicted octanol–water partition coefficient (Wildman–Crippen LogP) is 1.06. The third-order valence-electron chi connectivity index (χ3n) is 4.39. The largest absolute Gasteiger partial charge is 0.495 e. The Hall–Kier alpha value is -3.09. The van der Waals surface area contributed by atoms with Crippen LogP contribution in [0.1, 0.15) is 5.56 Å². The molecule has 1 aromatic carbocycles. The summed E-state index contributed by atoms with van der Waals surface area (Å²) < 4.78 is 5.39. The van der Waals surface area contributed by atoms with E-state index in [4.69, 9.17) is 4.74 Å². The Bertz CT molecular complexity index is 758. The van der Waals surface area contributed by atoms with E-state index < -0.39 is 11.8 Å². The molecule has 0 saturated carbocycles. The summed E-state index contributed by atoms with van der Waals surface area (Å²) in [6.45, 7) is 2.63. The molecule has 2 aromatic rings. The summed E-state index contributed by atoms with van der Waals surface area (Å²) in [5.41, 5.74) is 1.91. The molecule has 26 heavy (non-hydrogen) atoms. The molecule has 1 aliphatic rings. The number of hydrogen-bond acceptors (Lipinski definition) is 5. The normalized spacial score (nSPS) is 14.0. The highest BCUT2D eigenvalue weighted by atomic mass is 16.5. The number of para-hydroxylation sites is 2. The molecule has 0 aliphatic carbocycles. The van der Waals surface area contributed by atoms with Gasteiger partial charge in [0, 0.05) is 45.1 Å². The number of benzene rings is 1. The number of hydrogen-bond donors (Lipinski definition) is 1. The second-order valence-electron chi connectivity index (χ2n) is 5.99. The maximum atomic E-state index is 12.3. The summed E-state index contributed by atoms with van der Waals surface area (Å²) in [4.78, 5) is 32.1. The zero-order valence-corrected chi connectivity index (χ0v) is 14.7. The van der Waals surface area contributed by atoms with Crippen LogP contribution in [0.4, 0.5) is 5.69 Å². The summed E-state index contributed by atoms with van der Waals surface area (Å²) in [6.07, 6.45) is 3.31. The lowest BCUT2D eigenvalue weighted by Gasteiger charge is -2.36. The molecule has 0 radical (unpaired) electrons. The lowest BCUT2D eigenvalue weighted by Crippen LogP contribution is -2.52. The average Bonchev–Trinajstić information content (AvgIpc) is 2.72. The fraction of sp³-hybridized carbons (Fsp3) is 0.316. The van der Waals surface area contributed by atoms with Crippen LogP contribution < -0.4 is 15.0 Å². The zero-order chi connectivity index (χ0) is 18.4. The van der Waals surface area contributed by atoms with Gasteiger partial charge in [0.2, 0.25) is 0 Å². The monoisotopic (exact) mass is 354 g/mol. The number of ether oxygens (including phenoxy) is 1. The standard InChI is InChI=1S/C19H22N4O3/c1-26-17-5-3-2-4-16(17)22-10-12-23(13-11-22)19(25)18(24)21-14-15-6-8-20-9-7-15/h2-9H,10-14H2,1H3,(H,21,24). The molecule has 1 aliphatic heterocycles. The molecular weight excluding hydrogens is 332 g/mol. The number of methoxy groups -OCH3 is 1. The number of aromatic nitrogens is 1. The third-order valence-corrected chi connectivity index (χ3v) is 4.39. The minimum Gasteiger partial charge on any atom is -0.495 e. The Labute approximate surface area is 152 Å². The van der Waals surface area contributed by atoms with E-state index in [1.807, 2.05) is 24.3 Å². The lowest BCUT2D eigenvalue weighted by molar-refractivity contribution is -0.146. The van der Waals surface area contributed by atoms with Crippen LogP contribution in [0.5, 0.6) is 5.75 Å². The molecule has 2 amide bonds. The van der Waals surface area contributed by atoms with Crippen LogP contribution in [0.3, 0.4) is 0 Å². The van der Waals surface area contributed by atoms with Crippen molar-refractivity contribution in [3.63, 3.8) is 0 Å². The summed E-state index contributed by atoms with van der Waals surface area (Å²) in [6, 6.07) is 11.4. The Balaban J connectivity index is 1.52. The van der Waals surface area contributed by atoms with Crippen LogP contribution >= 0.6 is 0 Å². The minimum absolute atomic E-state index is 0.314. The minimum atomic E-state index is -0.576. The number of rotatable bonds is 4. The van der Waals surface area contributed by atoms with Gasteiger partial charge in [-0.3, -0.25) is 14.6 Å². The maximum Gasteiger partial charge on any atom is 0.312 e. The van der Waals surface area contributed by atoms with E-state index >= 15 is 0 Å². The lowest BCUT2D eigenvalue weighted by atomic mass is 10.2. The van der Waals surface area contributed by atoms with Gasteiger partial charge in [-0.25, -0.2) is 0 Å². The first kappa shape index (κ1) is 17.7. The number of carbonyl (C=O) groups is 2. The maximum absolute atomic E-state index is 12.3. The first-order valence-electron chi connectivity index (χ1n) is 8.53. The molecule has 136 valence electrons. The Morgan fingerprint density at radius 2 is 1.77 bits per heavy atom. The first-order valence-corrected chi connectivity index (χ1v) is 8.53. The zero-order valence-electron chi connectivity index (χ0n) is 14.7.